The predicted octanol–water partition coefficient (Wildman–Crippen LogP) is 3.10. The highest BCUT2D eigenvalue weighted by molar-refractivity contribution is 5.87. The Labute approximate surface area is 114 Å². The normalized spacial score (nSPS) is 11.8. The van der Waals surface area contributed by atoms with E-state index in [0.29, 0.717) is 12.0 Å². The molecular formula is C14H23N5. The number of nitrogens with zero attached hydrogens (tertiary/aromatic N) is 4. The second kappa shape index (κ2) is 5.15. The molecule has 19 heavy (non-hydrogen) atoms. The van der Waals surface area contributed by atoms with E-state index >= 15 is 0 Å². The summed E-state index contributed by atoms with van der Waals surface area (Å²) in [6, 6.07) is 0.332. The quantitative estimate of drug-likeness (QED) is 0.918. The Kier molecular flexibility index (Phi) is 3.73. The van der Waals surface area contributed by atoms with Crippen molar-refractivity contribution in [2.45, 2.75) is 60.0 Å². The Hall–Kier alpha value is -1.65. The SMILES string of the molecule is CCn1nc(C)c2nc(C(C)C)nc(NC(C)C)c21. The van der Waals surface area contributed by atoms with Crippen molar-refractivity contribution >= 4 is 16.9 Å². The Morgan fingerprint density at radius 1 is 1.16 bits per heavy atom. The molecule has 2 aromatic heterocycles. The van der Waals surface area contributed by atoms with E-state index in [9.17, 15) is 0 Å². The van der Waals surface area contributed by atoms with Crippen molar-refractivity contribution in [3.63, 3.8) is 0 Å². The second-order valence-electron chi connectivity index (χ2n) is 5.48. The summed E-state index contributed by atoms with van der Waals surface area (Å²) < 4.78 is 1.97. The van der Waals surface area contributed by atoms with E-state index in [1.807, 2.05) is 11.6 Å². The van der Waals surface area contributed by atoms with Crippen LogP contribution in [0.4, 0.5) is 5.82 Å². The number of aryl methyl sites for hydroxylation is 2. The highest BCUT2D eigenvalue weighted by Gasteiger charge is 2.17. The molecule has 2 heterocycles. The summed E-state index contributed by atoms with van der Waals surface area (Å²) in [6.45, 7) is 13.4. The molecule has 2 aromatic rings. The molecule has 5 nitrogen and oxygen atoms in total. The molecule has 0 atom stereocenters. The summed E-state index contributed by atoms with van der Waals surface area (Å²) >= 11 is 0. The van der Waals surface area contributed by atoms with Crippen LogP contribution in [-0.2, 0) is 6.54 Å². The molecule has 0 fully saturated rings. The number of anilines is 1. The van der Waals surface area contributed by atoms with E-state index in [1.54, 1.807) is 0 Å². The summed E-state index contributed by atoms with van der Waals surface area (Å²) in [5.41, 5.74) is 2.94. The van der Waals surface area contributed by atoms with Gasteiger partial charge in [0.05, 0.1) is 5.69 Å². The Morgan fingerprint density at radius 2 is 1.84 bits per heavy atom. The highest BCUT2D eigenvalue weighted by Crippen LogP contribution is 2.25. The summed E-state index contributed by atoms with van der Waals surface area (Å²) in [6.07, 6.45) is 0. The van der Waals surface area contributed by atoms with Crippen molar-refractivity contribution in [1.82, 2.24) is 19.7 Å². The number of rotatable bonds is 4. The number of hydrogen-bond acceptors (Lipinski definition) is 4. The smallest absolute Gasteiger partial charge is 0.156 e. The Bertz CT molecular complexity index is 583. The van der Waals surface area contributed by atoms with Gasteiger partial charge in [0.2, 0.25) is 0 Å². The fourth-order valence-electron chi connectivity index (χ4n) is 2.11. The molecule has 0 aliphatic rings. The minimum atomic E-state index is 0.307. The third-order valence-corrected chi connectivity index (χ3v) is 3.01. The van der Waals surface area contributed by atoms with Gasteiger partial charge in [0, 0.05) is 18.5 Å². The molecule has 1 N–H and O–H groups in total. The molecule has 104 valence electrons. The monoisotopic (exact) mass is 261 g/mol. The maximum Gasteiger partial charge on any atom is 0.156 e. The lowest BCUT2D eigenvalue weighted by Crippen LogP contribution is -2.14. The van der Waals surface area contributed by atoms with Crippen LogP contribution >= 0.6 is 0 Å². The molecule has 0 radical (unpaired) electrons. The molecule has 0 saturated carbocycles. The van der Waals surface area contributed by atoms with Gasteiger partial charge >= 0.3 is 0 Å². The van der Waals surface area contributed by atoms with Gasteiger partial charge in [0.15, 0.2) is 5.82 Å². The number of hydrogen-bond donors (Lipinski definition) is 1. The van der Waals surface area contributed by atoms with Gasteiger partial charge in [-0.05, 0) is 27.7 Å². The van der Waals surface area contributed by atoms with Crippen LogP contribution in [0.3, 0.4) is 0 Å². The van der Waals surface area contributed by atoms with Gasteiger partial charge in [-0.1, -0.05) is 13.8 Å². The van der Waals surface area contributed by atoms with Crippen LogP contribution in [0.2, 0.25) is 0 Å². The van der Waals surface area contributed by atoms with Crippen molar-refractivity contribution in [2.24, 2.45) is 0 Å². The molecule has 0 spiro atoms. The van der Waals surface area contributed by atoms with Crippen LogP contribution in [0.5, 0.6) is 0 Å². The maximum atomic E-state index is 4.68. The standard InChI is InChI=1S/C14H23N5/c1-7-19-12-11(10(6)18-19)16-13(8(2)3)17-14(12)15-9(4)5/h8-9H,7H2,1-6H3,(H,15,16,17). The first kappa shape index (κ1) is 13.8. The lowest BCUT2D eigenvalue weighted by molar-refractivity contribution is 0.674. The van der Waals surface area contributed by atoms with E-state index in [2.05, 4.69) is 55.0 Å². The van der Waals surface area contributed by atoms with Crippen molar-refractivity contribution in [1.29, 1.82) is 0 Å². The zero-order chi connectivity index (χ0) is 14.2. The molecule has 0 unspecified atom stereocenters. The molecule has 0 aliphatic carbocycles. The molecule has 0 bridgehead atoms. The van der Waals surface area contributed by atoms with Crippen LogP contribution in [0, 0.1) is 6.92 Å². The third kappa shape index (κ3) is 2.55. The fourth-order valence-corrected chi connectivity index (χ4v) is 2.11. The van der Waals surface area contributed by atoms with E-state index in [0.717, 1.165) is 34.9 Å². The Morgan fingerprint density at radius 3 is 2.37 bits per heavy atom. The van der Waals surface area contributed by atoms with Gasteiger partial charge in [-0.15, -0.1) is 0 Å². The van der Waals surface area contributed by atoms with Crippen LogP contribution in [0.25, 0.3) is 11.0 Å². The lowest BCUT2D eigenvalue weighted by Gasteiger charge is -2.14. The minimum absolute atomic E-state index is 0.307. The first-order valence-electron chi connectivity index (χ1n) is 6.95. The summed E-state index contributed by atoms with van der Waals surface area (Å²) in [5, 5.41) is 7.97. The van der Waals surface area contributed by atoms with E-state index < -0.39 is 0 Å². The zero-order valence-corrected chi connectivity index (χ0v) is 12.7. The average molecular weight is 261 g/mol. The maximum absolute atomic E-state index is 4.68. The van der Waals surface area contributed by atoms with Crippen molar-refractivity contribution < 1.29 is 0 Å². The lowest BCUT2D eigenvalue weighted by atomic mass is 10.2. The summed E-state index contributed by atoms with van der Waals surface area (Å²) in [4.78, 5) is 9.36. The van der Waals surface area contributed by atoms with E-state index in [1.165, 1.54) is 0 Å². The van der Waals surface area contributed by atoms with Crippen molar-refractivity contribution in [2.75, 3.05) is 5.32 Å². The minimum Gasteiger partial charge on any atom is -0.366 e. The first-order chi connectivity index (χ1) is 8.93. The largest absolute Gasteiger partial charge is 0.366 e. The predicted molar refractivity (Wildman–Crippen MR) is 78.6 cm³/mol. The van der Waals surface area contributed by atoms with Gasteiger partial charge in [0.25, 0.3) is 0 Å². The number of nitrogens with one attached hydrogen (secondary N) is 1. The van der Waals surface area contributed by atoms with Gasteiger partial charge in [-0.2, -0.15) is 5.10 Å². The number of fused-ring (bicyclic) bond motifs is 1. The first-order valence-corrected chi connectivity index (χ1v) is 6.95. The molecule has 0 saturated heterocycles. The van der Waals surface area contributed by atoms with Gasteiger partial charge < -0.3 is 5.32 Å². The summed E-state index contributed by atoms with van der Waals surface area (Å²) in [7, 11) is 0. The highest BCUT2D eigenvalue weighted by atomic mass is 15.3. The van der Waals surface area contributed by atoms with Crippen molar-refractivity contribution in [3.05, 3.63) is 11.5 Å². The van der Waals surface area contributed by atoms with E-state index in [-0.39, 0.29) is 0 Å². The summed E-state index contributed by atoms with van der Waals surface area (Å²) in [5.74, 6) is 2.07. The topological polar surface area (TPSA) is 55.6 Å². The molecule has 0 aliphatic heterocycles. The molecular weight excluding hydrogens is 238 g/mol. The molecule has 2 rings (SSSR count). The van der Waals surface area contributed by atoms with Gasteiger partial charge in [-0.3, -0.25) is 4.68 Å². The van der Waals surface area contributed by atoms with Gasteiger partial charge in [-0.25, -0.2) is 9.97 Å². The third-order valence-electron chi connectivity index (χ3n) is 3.01. The van der Waals surface area contributed by atoms with E-state index in [4.69, 9.17) is 0 Å². The molecule has 0 aromatic carbocycles. The van der Waals surface area contributed by atoms with Gasteiger partial charge in [0.1, 0.15) is 16.9 Å². The Balaban J connectivity index is 2.72. The molecule has 0 amide bonds. The van der Waals surface area contributed by atoms with Crippen LogP contribution < -0.4 is 5.32 Å². The van der Waals surface area contributed by atoms with Crippen LogP contribution in [-0.4, -0.2) is 25.8 Å². The van der Waals surface area contributed by atoms with Crippen molar-refractivity contribution in [3.8, 4) is 0 Å². The number of aromatic nitrogens is 4. The second-order valence-corrected chi connectivity index (χ2v) is 5.48. The zero-order valence-electron chi connectivity index (χ0n) is 12.7. The molecule has 5 heteroatoms. The average Bonchev–Trinajstić information content (AvgIpc) is 2.65. The van der Waals surface area contributed by atoms with Crippen LogP contribution in [0.1, 0.15) is 52.1 Å². The fraction of sp³-hybridized carbons (Fsp3) is 0.643. The van der Waals surface area contributed by atoms with Crippen LogP contribution in [0.15, 0.2) is 0 Å².